The average molecular weight is 432 g/mol. The first-order valence-corrected chi connectivity index (χ1v) is 10.7. The molecule has 6 nitrogen and oxygen atoms in total. The van der Waals surface area contributed by atoms with Crippen molar-refractivity contribution in [3.8, 4) is 0 Å². The molecule has 0 amide bonds. The number of carbonyl (C=O) groups is 1. The lowest BCUT2D eigenvalue weighted by molar-refractivity contribution is -0.120. The fourth-order valence-corrected chi connectivity index (χ4v) is 4.84. The Labute approximate surface area is 176 Å². The summed E-state index contributed by atoms with van der Waals surface area (Å²) in [5.74, 6) is -3.72. The summed E-state index contributed by atoms with van der Waals surface area (Å²) < 4.78 is 27.2. The third-order valence-electron chi connectivity index (χ3n) is 5.42. The number of alkyl halides is 2. The lowest BCUT2D eigenvalue weighted by atomic mass is 9.93. The molecule has 30 heavy (non-hydrogen) atoms. The summed E-state index contributed by atoms with van der Waals surface area (Å²) in [7, 11) is 0. The standard InChI is InChI=1S/C21H22F2N4O2S/c1-12(13-7-4-3-5-8-13)11-15(28)14-9-6-10-27(14)20-24-16-17(29)25-19(21(2,22)23)26-18(16)30-20/h3-5,7-8,12,14H,6,9-11H2,1-2H3,(H,25,26,29)/t12-,14+/m0/s1. The van der Waals surface area contributed by atoms with Gasteiger partial charge in [0.1, 0.15) is 0 Å². The zero-order valence-electron chi connectivity index (χ0n) is 16.7. The normalized spacial score (nSPS) is 18.1. The van der Waals surface area contributed by atoms with Gasteiger partial charge in [-0.25, -0.2) is 9.97 Å². The Morgan fingerprint density at radius 2 is 2.07 bits per heavy atom. The number of thiazole rings is 1. The van der Waals surface area contributed by atoms with Crippen LogP contribution >= 0.6 is 11.3 Å². The number of ketones is 1. The van der Waals surface area contributed by atoms with E-state index in [9.17, 15) is 18.4 Å². The van der Waals surface area contributed by atoms with Gasteiger partial charge in [0.15, 0.2) is 27.1 Å². The van der Waals surface area contributed by atoms with Crippen molar-refractivity contribution in [2.75, 3.05) is 11.4 Å². The summed E-state index contributed by atoms with van der Waals surface area (Å²) in [6, 6.07) is 9.55. The molecule has 0 saturated carbocycles. The molecule has 2 atom stereocenters. The van der Waals surface area contributed by atoms with Crippen LogP contribution in [-0.4, -0.2) is 33.3 Å². The number of nitrogens with one attached hydrogen (secondary N) is 1. The molecule has 1 aromatic carbocycles. The van der Waals surface area contributed by atoms with Crippen LogP contribution in [-0.2, 0) is 10.7 Å². The van der Waals surface area contributed by atoms with Crippen LogP contribution in [0.2, 0.25) is 0 Å². The zero-order valence-corrected chi connectivity index (χ0v) is 17.5. The molecule has 0 aliphatic carbocycles. The zero-order chi connectivity index (χ0) is 21.5. The molecule has 9 heteroatoms. The topological polar surface area (TPSA) is 79.0 Å². The van der Waals surface area contributed by atoms with Gasteiger partial charge in [0.2, 0.25) is 0 Å². The molecule has 1 fully saturated rings. The number of rotatable bonds is 6. The Kier molecular flexibility index (Phi) is 5.40. The van der Waals surface area contributed by atoms with E-state index in [-0.39, 0.29) is 28.1 Å². The third kappa shape index (κ3) is 3.98. The van der Waals surface area contributed by atoms with Crippen LogP contribution in [0.3, 0.4) is 0 Å². The van der Waals surface area contributed by atoms with E-state index in [1.165, 1.54) is 0 Å². The van der Waals surface area contributed by atoms with Gasteiger partial charge in [-0.3, -0.25) is 9.59 Å². The summed E-state index contributed by atoms with van der Waals surface area (Å²) in [4.78, 5) is 37.6. The van der Waals surface area contributed by atoms with E-state index in [2.05, 4.69) is 15.0 Å². The Morgan fingerprint density at radius 3 is 2.77 bits per heavy atom. The molecule has 158 valence electrons. The van der Waals surface area contributed by atoms with Gasteiger partial charge in [-0.05, 0) is 24.3 Å². The van der Waals surface area contributed by atoms with Crippen LogP contribution in [0, 0.1) is 0 Å². The molecule has 0 radical (unpaired) electrons. The molecule has 1 aliphatic heterocycles. The number of halogens is 2. The Bertz CT molecular complexity index is 1120. The fraction of sp³-hybridized carbons (Fsp3) is 0.429. The van der Waals surface area contributed by atoms with E-state index >= 15 is 0 Å². The van der Waals surface area contributed by atoms with Gasteiger partial charge in [-0.1, -0.05) is 48.6 Å². The van der Waals surface area contributed by atoms with Crippen molar-refractivity contribution in [1.82, 2.24) is 15.0 Å². The summed E-state index contributed by atoms with van der Waals surface area (Å²) in [6.07, 6.45) is 1.94. The number of hydrogen-bond acceptors (Lipinski definition) is 6. The highest BCUT2D eigenvalue weighted by Crippen LogP contribution is 2.34. The largest absolute Gasteiger partial charge is 0.338 e. The van der Waals surface area contributed by atoms with Crippen LogP contribution in [0.25, 0.3) is 10.3 Å². The van der Waals surface area contributed by atoms with Crippen molar-refractivity contribution in [2.45, 2.75) is 51.0 Å². The van der Waals surface area contributed by atoms with Gasteiger partial charge in [0, 0.05) is 19.9 Å². The molecular weight excluding hydrogens is 410 g/mol. The molecule has 1 N–H and O–H groups in total. The second kappa shape index (κ2) is 7.86. The van der Waals surface area contributed by atoms with Crippen molar-refractivity contribution in [1.29, 1.82) is 0 Å². The lowest BCUT2D eigenvalue weighted by Crippen LogP contribution is -2.36. The summed E-state index contributed by atoms with van der Waals surface area (Å²) in [5.41, 5.74) is 0.441. The number of Topliss-reactive ketones (excluding diaryl/α,β-unsaturated/α-hetero) is 1. The van der Waals surface area contributed by atoms with Crippen molar-refractivity contribution in [3.05, 3.63) is 52.1 Å². The molecule has 0 unspecified atom stereocenters. The van der Waals surface area contributed by atoms with Gasteiger partial charge in [-0.15, -0.1) is 0 Å². The maximum absolute atomic E-state index is 13.6. The number of nitrogens with zero attached hydrogens (tertiary/aromatic N) is 3. The van der Waals surface area contributed by atoms with Gasteiger partial charge in [-0.2, -0.15) is 8.78 Å². The Morgan fingerprint density at radius 1 is 1.33 bits per heavy atom. The first kappa shape index (κ1) is 20.6. The number of aromatic nitrogens is 3. The summed E-state index contributed by atoms with van der Waals surface area (Å²) in [6.45, 7) is 3.34. The number of anilines is 1. The smallest absolute Gasteiger partial charge is 0.302 e. The van der Waals surface area contributed by atoms with Gasteiger partial charge in [0.05, 0.1) is 6.04 Å². The van der Waals surface area contributed by atoms with Gasteiger partial charge >= 0.3 is 5.92 Å². The van der Waals surface area contributed by atoms with Crippen LogP contribution in [0.5, 0.6) is 0 Å². The molecule has 2 aromatic heterocycles. The van der Waals surface area contributed by atoms with E-state index in [0.29, 0.717) is 31.4 Å². The molecule has 1 aliphatic rings. The number of carbonyl (C=O) groups excluding carboxylic acids is 1. The van der Waals surface area contributed by atoms with Crippen LogP contribution in [0.4, 0.5) is 13.9 Å². The monoisotopic (exact) mass is 432 g/mol. The van der Waals surface area contributed by atoms with Crippen LogP contribution in [0.15, 0.2) is 35.1 Å². The highest BCUT2D eigenvalue weighted by atomic mass is 32.1. The number of H-pyrrole nitrogens is 1. The first-order valence-electron chi connectivity index (χ1n) is 9.87. The predicted molar refractivity (Wildman–Crippen MR) is 112 cm³/mol. The highest BCUT2D eigenvalue weighted by molar-refractivity contribution is 7.21. The van der Waals surface area contributed by atoms with Gasteiger partial charge in [0.25, 0.3) is 5.56 Å². The second-order valence-electron chi connectivity index (χ2n) is 7.79. The molecular formula is C21H22F2N4O2S. The maximum Gasteiger partial charge on any atom is 0.302 e. The Hall–Kier alpha value is -2.68. The Balaban J connectivity index is 1.58. The highest BCUT2D eigenvalue weighted by Gasteiger charge is 2.34. The molecule has 0 bridgehead atoms. The van der Waals surface area contributed by atoms with Crippen molar-refractivity contribution < 1.29 is 13.6 Å². The fourth-order valence-electron chi connectivity index (χ4n) is 3.82. The molecule has 3 heterocycles. The lowest BCUT2D eigenvalue weighted by Gasteiger charge is -2.24. The van der Waals surface area contributed by atoms with Crippen molar-refractivity contribution in [3.63, 3.8) is 0 Å². The number of fused-ring (bicyclic) bond motifs is 1. The quantitative estimate of drug-likeness (QED) is 0.631. The number of aromatic amines is 1. The summed E-state index contributed by atoms with van der Waals surface area (Å²) in [5, 5.41) is 0.475. The SMILES string of the molecule is C[C@@H](CC(=O)[C@H]1CCCN1c1nc2c(=O)[nH]c(C(C)(F)F)nc2s1)c1ccccc1. The number of benzene rings is 1. The second-order valence-corrected chi connectivity index (χ2v) is 8.74. The minimum atomic E-state index is -3.25. The molecule has 0 spiro atoms. The first-order chi connectivity index (χ1) is 14.2. The van der Waals surface area contributed by atoms with E-state index in [0.717, 1.165) is 23.3 Å². The van der Waals surface area contributed by atoms with Crippen molar-refractivity contribution >= 4 is 32.6 Å². The van der Waals surface area contributed by atoms with Crippen LogP contribution in [0.1, 0.15) is 50.4 Å². The summed E-state index contributed by atoms with van der Waals surface area (Å²) >= 11 is 1.07. The number of hydrogen-bond donors (Lipinski definition) is 1. The molecule has 3 aromatic rings. The van der Waals surface area contributed by atoms with E-state index in [1.807, 2.05) is 42.2 Å². The molecule has 1 saturated heterocycles. The van der Waals surface area contributed by atoms with Gasteiger partial charge < -0.3 is 9.88 Å². The molecule has 4 rings (SSSR count). The minimum Gasteiger partial charge on any atom is -0.338 e. The van der Waals surface area contributed by atoms with E-state index < -0.39 is 17.3 Å². The maximum atomic E-state index is 13.6. The minimum absolute atomic E-state index is 0.0266. The average Bonchev–Trinajstić information content (AvgIpc) is 3.35. The van der Waals surface area contributed by atoms with E-state index in [1.54, 1.807) is 0 Å². The predicted octanol–water partition coefficient (Wildman–Crippen LogP) is 4.22. The third-order valence-corrected chi connectivity index (χ3v) is 6.41. The van der Waals surface area contributed by atoms with Crippen LogP contribution < -0.4 is 10.5 Å². The van der Waals surface area contributed by atoms with E-state index in [4.69, 9.17) is 0 Å². The van der Waals surface area contributed by atoms with Crippen molar-refractivity contribution in [2.24, 2.45) is 0 Å².